The summed E-state index contributed by atoms with van der Waals surface area (Å²) in [7, 11) is 0. The van der Waals surface area contributed by atoms with E-state index >= 15 is 0 Å². The van der Waals surface area contributed by atoms with Crippen molar-refractivity contribution < 1.29 is 4.79 Å². The van der Waals surface area contributed by atoms with E-state index in [-0.39, 0.29) is 5.78 Å². The lowest BCUT2D eigenvalue weighted by Gasteiger charge is -2.17. The summed E-state index contributed by atoms with van der Waals surface area (Å²) >= 11 is 0. The van der Waals surface area contributed by atoms with Crippen molar-refractivity contribution in [2.45, 2.75) is 143 Å². The fourth-order valence-electron chi connectivity index (χ4n) is 5.61. The number of carbonyl (C=O) groups is 1. The average molecular weight is 491 g/mol. The summed E-state index contributed by atoms with van der Waals surface area (Å²) in [6.45, 7) is 9.00. The van der Waals surface area contributed by atoms with Gasteiger partial charge < -0.3 is 0 Å². The maximum atomic E-state index is 14.0. The number of rotatable bonds is 20. The number of hydrogen-bond acceptors (Lipinski definition) is 1. The van der Waals surface area contributed by atoms with Crippen LogP contribution in [0.4, 0.5) is 0 Å². The van der Waals surface area contributed by atoms with Gasteiger partial charge >= 0.3 is 0 Å². The molecule has 0 aliphatic carbocycles. The van der Waals surface area contributed by atoms with Crippen LogP contribution >= 0.6 is 0 Å². The first kappa shape index (κ1) is 30.3. The summed E-state index contributed by atoms with van der Waals surface area (Å²) < 4.78 is 0. The lowest BCUT2D eigenvalue weighted by molar-refractivity contribution is 0.103. The summed E-state index contributed by atoms with van der Waals surface area (Å²) in [6.07, 6.45) is 22.3. The largest absolute Gasteiger partial charge is 0.289 e. The highest BCUT2D eigenvalue weighted by molar-refractivity contribution is 6.11. The maximum absolute atomic E-state index is 14.0. The fraction of sp³-hybridized carbons (Fsp3) is 0.629. The SMILES string of the molecule is CCCCCCCCCc1c(CC)cccc1C(=O)c1cccc(CC)c1CCCCCCCCC. The molecule has 36 heavy (non-hydrogen) atoms. The smallest absolute Gasteiger partial charge is 0.193 e. The minimum atomic E-state index is 0.247. The van der Waals surface area contributed by atoms with Crippen molar-refractivity contribution in [3.8, 4) is 0 Å². The Hall–Kier alpha value is -1.89. The highest BCUT2D eigenvalue weighted by Crippen LogP contribution is 2.26. The maximum Gasteiger partial charge on any atom is 0.193 e. The molecule has 0 atom stereocenters. The average Bonchev–Trinajstić information content (AvgIpc) is 2.91. The quantitative estimate of drug-likeness (QED) is 0.133. The van der Waals surface area contributed by atoms with Crippen LogP contribution in [0.15, 0.2) is 36.4 Å². The molecule has 0 aliphatic rings. The van der Waals surface area contributed by atoms with Crippen molar-refractivity contribution in [3.63, 3.8) is 0 Å². The Labute approximate surface area is 223 Å². The standard InChI is InChI=1S/C35H54O/c1-5-9-11-13-15-17-19-25-31-29(7-3)23-21-27-33(31)35(36)34-28-22-24-30(8-4)32(34)26-20-18-16-14-12-10-6-2/h21-24,27-28H,5-20,25-26H2,1-4H3. The molecule has 0 fully saturated rings. The van der Waals surface area contributed by atoms with E-state index in [1.54, 1.807) is 0 Å². The zero-order chi connectivity index (χ0) is 26.0. The highest BCUT2D eigenvalue weighted by atomic mass is 16.1. The highest BCUT2D eigenvalue weighted by Gasteiger charge is 2.20. The van der Waals surface area contributed by atoms with Crippen LogP contribution in [0, 0.1) is 0 Å². The first-order valence-corrected chi connectivity index (χ1v) is 15.4. The Morgan fingerprint density at radius 3 is 1.22 bits per heavy atom. The Balaban J connectivity index is 2.14. The van der Waals surface area contributed by atoms with Crippen LogP contribution in [0.1, 0.15) is 156 Å². The molecule has 0 heterocycles. The third-order valence-corrected chi connectivity index (χ3v) is 7.86. The van der Waals surface area contributed by atoms with E-state index in [0.717, 1.165) is 36.8 Å². The van der Waals surface area contributed by atoms with Crippen molar-refractivity contribution in [3.05, 3.63) is 69.8 Å². The van der Waals surface area contributed by atoms with Gasteiger partial charge in [-0.25, -0.2) is 0 Å². The van der Waals surface area contributed by atoms with Gasteiger partial charge in [0.15, 0.2) is 5.78 Å². The monoisotopic (exact) mass is 490 g/mol. The third kappa shape index (κ3) is 9.87. The van der Waals surface area contributed by atoms with Crippen LogP contribution < -0.4 is 0 Å². The first-order valence-electron chi connectivity index (χ1n) is 15.4. The van der Waals surface area contributed by atoms with Crippen LogP contribution in [0.3, 0.4) is 0 Å². The van der Waals surface area contributed by atoms with Gasteiger partial charge in [0.25, 0.3) is 0 Å². The molecule has 0 amide bonds. The van der Waals surface area contributed by atoms with Crippen LogP contribution in [-0.2, 0) is 25.7 Å². The normalized spacial score (nSPS) is 11.2. The van der Waals surface area contributed by atoms with Gasteiger partial charge in [0.05, 0.1) is 0 Å². The van der Waals surface area contributed by atoms with Crippen molar-refractivity contribution in [1.82, 2.24) is 0 Å². The molecule has 0 unspecified atom stereocenters. The van der Waals surface area contributed by atoms with E-state index in [1.807, 2.05) is 0 Å². The van der Waals surface area contributed by atoms with Gasteiger partial charge in [0, 0.05) is 11.1 Å². The fourth-order valence-corrected chi connectivity index (χ4v) is 5.61. The Kier molecular flexibility index (Phi) is 15.5. The topological polar surface area (TPSA) is 17.1 Å². The predicted molar refractivity (Wildman–Crippen MR) is 158 cm³/mol. The van der Waals surface area contributed by atoms with Crippen molar-refractivity contribution in [2.75, 3.05) is 0 Å². The predicted octanol–water partition coefficient (Wildman–Crippen LogP) is 10.6. The molecule has 0 radical (unpaired) electrons. The second-order valence-corrected chi connectivity index (χ2v) is 10.7. The van der Waals surface area contributed by atoms with Gasteiger partial charge in [0.2, 0.25) is 0 Å². The molecule has 0 saturated heterocycles. The van der Waals surface area contributed by atoms with E-state index in [4.69, 9.17) is 0 Å². The van der Waals surface area contributed by atoms with E-state index < -0.39 is 0 Å². The third-order valence-electron chi connectivity index (χ3n) is 7.86. The van der Waals surface area contributed by atoms with E-state index in [2.05, 4.69) is 64.1 Å². The van der Waals surface area contributed by atoms with Gasteiger partial charge in [-0.3, -0.25) is 4.79 Å². The second kappa shape index (κ2) is 18.4. The molecule has 0 aromatic heterocycles. The molecule has 0 aliphatic heterocycles. The van der Waals surface area contributed by atoms with Gasteiger partial charge in [-0.1, -0.05) is 141 Å². The summed E-state index contributed by atoms with van der Waals surface area (Å²) in [4.78, 5) is 14.0. The summed E-state index contributed by atoms with van der Waals surface area (Å²) in [6, 6.07) is 12.8. The number of hydrogen-bond donors (Lipinski definition) is 0. The molecular weight excluding hydrogens is 436 g/mol. The molecule has 200 valence electrons. The van der Waals surface area contributed by atoms with Crippen LogP contribution in [0.2, 0.25) is 0 Å². The molecule has 2 aromatic rings. The van der Waals surface area contributed by atoms with Gasteiger partial charge in [-0.15, -0.1) is 0 Å². The number of aryl methyl sites for hydroxylation is 2. The Morgan fingerprint density at radius 1 is 0.500 bits per heavy atom. The van der Waals surface area contributed by atoms with Crippen LogP contribution in [-0.4, -0.2) is 5.78 Å². The van der Waals surface area contributed by atoms with E-state index in [1.165, 1.54) is 112 Å². The zero-order valence-corrected chi connectivity index (χ0v) is 24.1. The van der Waals surface area contributed by atoms with Gasteiger partial charge in [-0.05, 0) is 60.8 Å². The Morgan fingerprint density at radius 2 is 0.861 bits per heavy atom. The van der Waals surface area contributed by atoms with Crippen molar-refractivity contribution in [2.24, 2.45) is 0 Å². The molecule has 0 spiro atoms. The minimum absolute atomic E-state index is 0.247. The van der Waals surface area contributed by atoms with Crippen molar-refractivity contribution in [1.29, 1.82) is 0 Å². The second-order valence-electron chi connectivity index (χ2n) is 10.7. The van der Waals surface area contributed by atoms with Crippen molar-refractivity contribution >= 4 is 5.78 Å². The Bertz CT molecular complexity index is 807. The van der Waals surface area contributed by atoms with Gasteiger partial charge in [0.1, 0.15) is 0 Å². The van der Waals surface area contributed by atoms with E-state index in [0.29, 0.717) is 0 Å². The minimum Gasteiger partial charge on any atom is -0.289 e. The summed E-state index contributed by atoms with van der Waals surface area (Å²) in [5, 5.41) is 0. The molecule has 0 saturated carbocycles. The molecule has 0 bridgehead atoms. The molecule has 2 aromatic carbocycles. The number of carbonyl (C=O) groups excluding carboxylic acids is 1. The number of unbranched alkanes of at least 4 members (excludes halogenated alkanes) is 12. The van der Waals surface area contributed by atoms with Crippen LogP contribution in [0.5, 0.6) is 0 Å². The molecule has 1 heteroatoms. The summed E-state index contributed by atoms with van der Waals surface area (Å²) in [5.74, 6) is 0.247. The molecular formula is C35H54O. The molecule has 0 N–H and O–H groups in total. The lowest BCUT2D eigenvalue weighted by Crippen LogP contribution is -2.12. The van der Waals surface area contributed by atoms with E-state index in [9.17, 15) is 4.79 Å². The van der Waals surface area contributed by atoms with Gasteiger partial charge in [-0.2, -0.15) is 0 Å². The lowest BCUT2D eigenvalue weighted by atomic mass is 9.86. The zero-order valence-electron chi connectivity index (χ0n) is 24.1. The number of benzene rings is 2. The summed E-state index contributed by atoms with van der Waals surface area (Å²) in [5.41, 5.74) is 7.23. The first-order chi connectivity index (χ1) is 17.7. The van der Waals surface area contributed by atoms with Crippen LogP contribution in [0.25, 0.3) is 0 Å². The number of ketones is 1. The molecule has 2 rings (SSSR count). The molecule has 1 nitrogen and oxygen atoms in total.